The summed E-state index contributed by atoms with van der Waals surface area (Å²) in [5, 5.41) is 4.18. The molecule has 0 radical (unpaired) electrons. The highest BCUT2D eigenvalue weighted by Gasteiger charge is 2.26. The van der Waals surface area contributed by atoms with Crippen LogP contribution in [0, 0.1) is 0 Å². The summed E-state index contributed by atoms with van der Waals surface area (Å²) in [6.07, 6.45) is 3.91. The molecule has 2 atom stereocenters. The zero-order chi connectivity index (χ0) is 15.7. The number of carbonyl (C=O) groups is 1. The first-order valence-corrected chi connectivity index (χ1v) is 7.57. The van der Waals surface area contributed by atoms with Gasteiger partial charge in [0.1, 0.15) is 0 Å². The van der Waals surface area contributed by atoms with Gasteiger partial charge in [-0.3, -0.25) is 9.48 Å². The van der Waals surface area contributed by atoms with Gasteiger partial charge in [0.25, 0.3) is 5.91 Å². The fourth-order valence-electron chi connectivity index (χ4n) is 2.93. The van der Waals surface area contributed by atoms with Gasteiger partial charge in [0, 0.05) is 37.5 Å². The Morgan fingerprint density at radius 3 is 2.59 bits per heavy atom. The van der Waals surface area contributed by atoms with E-state index in [2.05, 4.69) is 5.10 Å². The molecule has 1 amide bonds. The molecule has 116 valence electrons. The molecular weight excluding hydrogens is 278 g/mol. The lowest BCUT2D eigenvalue weighted by Crippen LogP contribution is -2.48. The average molecular weight is 299 g/mol. The first-order chi connectivity index (χ1) is 10.5. The first-order valence-electron chi connectivity index (χ1n) is 7.57. The molecule has 0 aliphatic carbocycles. The van der Waals surface area contributed by atoms with Crippen molar-refractivity contribution in [3.05, 3.63) is 42.2 Å². The van der Waals surface area contributed by atoms with Crippen LogP contribution < -0.4 is 0 Å². The van der Waals surface area contributed by atoms with Crippen LogP contribution in [0.4, 0.5) is 0 Å². The van der Waals surface area contributed by atoms with Gasteiger partial charge in [0.15, 0.2) is 0 Å². The summed E-state index contributed by atoms with van der Waals surface area (Å²) in [5.41, 5.74) is 2.73. The molecule has 0 N–H and O–H groups in total. The van der Waals surface area contributed by atoms with Crippen molar-refractivity contribution >= 4 is 5.91 Å². The van der Waals surface area contributed by atoms with Crippen LogP contribution in [0.3, 0.4) is 0 Å². The molecule has 1 aromatic carbocycles. The molecule has 2 aromatic rings. The number of nitrogens with zero attached hydrogens (tertiary/aromatic N) is 3. The second kappa shape index (κ2) is 5.93. The average Bonchev–Trinajstić information content (AvgIpc) is 2.92. The lowest BCUT2D eigenvalue weighted by Gasteiger charge is -2.35. The maximum absolute atomic E-state index is 12.7. The van der Waals surface area contributed by atoms with E-state index >= 15 is 0 Å². The number of ether oxygens (including phenoxy) is 1. The number of morpholine rings is 1. The number of carbonyl (C=O) groups excluding carboxylic acids is 1. The van der Waals surface area contributed by atoms with Crippen molar-refractivity contribution in [3.63, 3.8) is 0 Å². The van der Waals surface area contributed by atoms with E-state index in [1.165, 1.54) is 0 Å². The number of aryl methyl sites for hydroxylation is 1. The Morgan fingerprint density at radius 2 is 1.95 bits per heavy atom. The molecule has 5 nitrogen and oxygen atoms in total. The Balaban J connectivity index is 1.84. The summed E-state index contributed by atoms with van der Waals surface area (Å²) in [4.78, 5) is 14.6. The predicted molar refractivity (Wildman–Crippen MR) is 84.6 cm³/mol. The molecule has 1 aliphatic heterocycles. The van der Waals surface area contributed by atoms with E-state index in [1.54, 1.807) is 4.68 Å². The molecular formula is C17H21N3O2. The molecule has 0 saturated carbocycles. The second-order valence-electron chi connectivity index (χ2n) is 5.95. The topological polar surface area (TPSA) is 47.4 Å². The van der Waals surface area contributed by atoms with Crippen molar-refractivity contribution in [2.75, 3.05) is 13.1 Å². The van der Waals surface area contributed by atoms with E-state index in [1.807, 2.05) is 62.5 Å². The Hall–Kier alpha value is -2.14. The molecule has 0 unspecified atom stereocenters. The number of benzene rings is 1. The molecule has 1 aromatic heterocycles. The smallest absolute Gasteiger partial charge is 0.254 e. The van der Waals surface area contributed by atoms with E-state index in [0.717, 1.165) is 11.1 Å². The summed E-state index contributed by atoms with van der Waals surface area (Å²) < 4.78 is 7.45. The fourth-order valence-corrected chi connectivity index (χ4v) is 2.93. The van der Waals surface area contributed by atoms with Gasteiger partial charge < -0.3 is 9.64 Å². The van der Waals surface area contributed by atoms with Crippen molar-refractivity contribution in [3.8, 4) is 11.1 Å². The van der Waals surface area contributed by atoms with Crippen molar-refractivity contribution in [1.29, 1.82) is 0 Å². The lowest BCUT2D eigenvalue weighted by molar-refractivity contribution is -0.0586. The van der Waals surface area contributed by atoms with Gasteiger partial charge in [0.05, 0.1) is 18.4 Å². The van der Waals surface area contributed by atoms with Crippen LogP contribution in [0.25, 0.3) is 11.1 Å². The summed E-state index contributed by atoms with van der Waals surface area (Å²) in [7, 11) is 1.88. The first kappa shape index (κ1) is 14.8. The summed E-state index contributed by atoms with van der Waals surface area (Å²) in [6, 6.07) is 7.72. The van der Waals surface area contributed by atoms with Crippen LogP contribution in [-0.4, -0.2) is 45.9 Å². The van der Waals surface area contributed by atoms with Crippen LogP contribution in [0.1, 0.15) is 24.2 Å². The monoisotopic (exact) mass is 299 g/mol. The zero-order valence-electron chi connectivity index (χ0n) is 13.2. The van der Waals surface area contributed by atoms with Gasteiger partial charge in [-0.15, -0.1) is 0 Å². The highest BCUT2D eigenvalue weighted by molar-refractivity contribution is 5.95. The van der Waals surface area contributed by atoms with Gasteiger partial charge in [0.2, 0.25) is 0 Å². The normalized spacial score (nSPS) is 21.9. The number of amides is 1. The van der Waals surface area contributed by atoms with Crippen LogP contribution in [-0.2, 0) is 11.8 Å². The van der Waals surface area contributed by atoms with Crippen molar-refractivity contribution in [2.24, 2.45) is 7.05 Å². The minimum atomic E-state index is 0.0627. The zero-order valence-corrected chi connectivity index (χ0v) is 13.2. The summed E-state index contributed by atoms with van der Waals surface area (Å²) in [5.74, 6) is 0.0627. The highest BCUT2D eigenvalue weighted by Crippen LogP contribution is 2.21. The minimum Gasteiger partial charge on any atom is -0.372 e. The number of rotatable bonds is 2. The molecule has 0 bridgehead atoms. The van der Waals surface area contributed by atoms with Crippen molar-refractivity contribution < 1.29 is 9.53 Å². The molecule has 1 saturated heterocycles. The minimum absolute atomic E-state index is 0.0627. The van der Waals surface area contributed by atoms with Gasteiger partial charge in [-0.2, -0.15) is 5.10 Å². The van der Waals surface area contributed by atoms with E-state index in [-0.39, 0.29) is 18.1 Å². The molecule has 1 fully saturated rings. The number of aromatic nitrogens is 2. The van der Waals surface area contributed by atoms with Crippen molar-refractivity contribution in [2.45, 2.75) is 26.1 Å². The third-order valence-corrected chi connectivity index (χ3v) is 3.85. The Kier molecular flexibility index (Phi) is 3.98. The second-order valence-corrected chi connectivity index (χ2v) is 5.95. The van der Waals surface area contributed by atoms with E-state index in [4.69, 9.17) is 4.74 Å². The molecule has 5 heteroatoms. The van der Waals surface area contributed by atoms with Crippen LogP contribution in [0.15, 0.2) is 36.7 Å². The molecule has 1 aliphatic rings. The largest absolute Gasteiger partial charge is 0.372 e. The van der Waals surface area contributed by atoms with Gasteiger partial charge in [-0.25, -0.2) is 0 Å². The third-order valence-electron chi connectivity index (χ3n) is 3.85. The lowest BCUT2D eigenvalue weighted by atomic mass is 10.0. The van der Waals surface area contributed by atoms with E-state index in [9.17, 15) is 4.79 Å². The third kappa shape index (κ3) is 3.04. The Bertz CT molecular complexity index is 670. The summed E-state index contributed by atoms with van der Waals surface area (Å²) >= 11 is 0. The van der Waals surface area contributed by atoms with E-state index < -0.39 is 0 Å². The fraction of sp³-hybridized carbons (Fsp3) is 0.412. The van der Waals surface area contributed by atoms with Crippen LogP contribution >= 0.6 is 0 Å². The number of hydrogen-bond donors (Lipinski definition) is 0. The predicted octanol–water partition coefficient (Wildman–Crippen LogP) is 2.34. The Labute approximate surface area is 130 Å². The van der Waals surface area contributed by atoms with Crippen LogP contribution in [0.5, 0.6) is 0 Å². The maximum Gasteiger partial charge on any atom is 0.254 e. The van der Waals surface area contributed by atoms with Gasteiger partial charge >= 0.3 is 0 Å². The quantitative estimate of drug-likeness (QED) is 0.855. The van der Waals surface area contributed by atoms with Gasteiger partial charge in [-0.1, -0.05) is 12.1 Å². The van der Waals surface area contributed by atoms with E-state index in [0.29, 0.717) is 18.7 Å². The maximum atomic E-state index is 12.7. The summed E-state index contributed by atoms with van der Waals surface area (Å²) in [6.45, 7) is 5.28. The number of hydrogen-bond acceptors (Lipinski definition) is 3. The molecule has 0 spiro atoms. The Morgan fingerprint density at radius 1 is 1.23 bits per heavy atom. The van der Waals surface area contributed by atoms with Crippen molar-refractivity contribution in [1.82, 2.24) is 14.7 Å². The SMILES string of the molecule is C[C@@H]1CN(C(=O)c2cccc(-c3cnn(C)c3)c2)C[C@H](C)O1. The highest BCUT2D eigenvalue weighted by atomic mass is 16.5. The molecule has 2 heterocycles. The van der Waals surface area contributed by atoms with Crippen LogP contribution in [0.2, 0.25) is 0 Å². The molecule has 3 rings (SSSR count). The van der Waals surface area contributed by atoms with Gasteiger partial charge in [-0.05, 0) is 31.5 Å². The molecule has 22 heavy (non-hydrogen) atoms. The standard InChI is InChI=1S/C17H21N3O2/c1-12-9-20(10-13(2)22-12)17(21)15-6-4-5-14(7-15)16-8-18-19(3)11-16/h4-8,11-13H,9-10H2,1-3H3/t12-,13+.